The Kier molecular flexibility index (Phi) is 5.46. The zero-order valence-corrected chi connectivity index (χ0v) is 13.5. The lowest BCUT2D eigenvalue weighted by molar-refractivity contribution is 0.344. The number of hydrogen-bond acceptors (Lipinski definition) is 9. The lowest BCUT2D eigenvalue weighted by Crippen LogP contribution is -2.38. The van der Waals surface area contributed by atoms with Crippen LogP contribution in [0.5, 0.6) is 11.0 Å². The van der Waals surface area contributed by atoms with E-state index in [9.17, 15) is 10.0 Å². The molecule has 0 radical (unpaired) electrons. The van der Waals surface area contributed by atoms with Gasteiger partial charge in [0.25, 0.3) is 5.95 Å². The minimum atomic E-state index is -1.76. The number of furan rings is 1. The van der Waals surface area contributed by atoms with E-state index in [1.807, 2.05) is 0 Å². The van der Waals surface area contributed by atoms with Gasteiger partial charge in [0, 0.05) is 12.3 Å². The molecule has 12 heteroatoms. The summed E-state index contributed by atoms with van der Waals surface area (Å²) in [5.74, 6) is -0.0695. The monoisotopic (exact) mass is 359 g/mol. The third-order valence-electron chi connectivity index (χ3n) is 3.10. The van der Waals surface area contributed by atoms with Crippen LogP contribution in [0.1, 0.15) is 0 Å². The van der Waals surface area contributed by atoms with Crippen LogP contribution in [-0.4, -0.2) is 46.4 Å². The molecule has 0 aliphatic rings. The molecule has 3 heterocycles. The van der Waals surface area contributed by atoms with Crippen molar-refractivity contribution in [3.05, 3.63) is 48.7 Å². The molecule has 0 amide bonds. The average Bonchev–Trinajstić information content (AvgIpc) is 3.25. The molecule has 0 aromatic carbocycles. The molecule has 0 atom stereocenters. The summed E-state index contributed by atoms with van der Waals surface area (Å²) in [5, 5.41) is 38.3. The smallest absolute Gasteiger partial charge is 0.524 e. The van der Waals surface area contributed by atoms with E-state index in [1.165, 1.54) is 12.1 Å². The molecule has 126 valence electrons. The van der Waals surface area contributed by atoms with Gasteiger partial charge in [-0.3, -0.25) is 4.98 Å². The van der Waals surface area contributed by atoms with E-state index in [1.54, 1.807) is 36.5 Å². The fraction of sp³-hybridized carbons (Fsp3) is 0. The van der Waals surface area contributed by atoms with Crippen LogP contribution < -0.4 is 25.3 Å². The van der Waals surface area contributed by atoms with Gasteiger partial charge >= 0.3 is 21.4 Å². The molecule has 0 saturated carbocycles. The largest absolute Gasteiger partial charge is 0.580 e. The van der Waals surface area contributed by atoms with Crippen molar-refractivity contribution in [1.29, 1.82) is 0 Å². The first-order chi connectivity index (χ1) is 12.0. The molecule has 0 saturated heterocycles. The van der Waals surface area contributed by atoms with Gasteiger partial charge in [-0.05, 0) is 30.3 Å². The zero-order valence-electron chi connectivity index (χ0n) is 12.7. The number of hydrogen-bond donors (Lipinski definition) is 4. The van der Waals surface area contributed by atoms with E-state index in [2.05, 4.69) is 4.98 Å². The van der Waals surface area contributed by atoms with Crippen LogP contribution in [0.25, 0.3) is 0 Å². The van der Waals surface area contributed by atoms with Crippen molar-refractivity contribution in [2.75, 3.05) is 0 Å². The van der Waals surface area contributed by atoms with Gasteiger partial charge in [-0.1, -0.05) is 6.07 Å². The third kappa shape index (κ3) is 4.44. The maximum absolute atomic E-state index is 10.1. The molecule has 0 spiro atoms. The van der Waals surface area contributed by atoms with Crippen LogP contribution >= 0.6 is 11.3 Å². The Balaban J connectivity index is 1.62. The molecule has 0 fully saturated rings. The zero-order chi connectivity index (χ0) is 17.8. The van der Waals surface area contributed by atoms with Crippen LogP contribution in [-0.2, 0) is 0 Å². The second kappa shape index (κ2) is 7.76. The molecule has 0 aliphatic heterocycles. The molecule has 8 nitrogen and oxygen atoms in total. The standard InChI is InChI=1S/C13H12B3NO7S/c18-14(19)10-4-6-12(22-10)23-16(21)11-5-7-13(25-11)24-15(20)9-3-1-2-8-17-9/h1-8,18-21H. The highest BCUT2D eigenvalue weighted by Gasteiger charge is 2.26. The maximum atomic E-state index is 10.1. The van der Waals surface area contributed by atoms with E-state index in [0.717, 1.165) is 11.3 Å². The van der Waals surface area contributed by atoms with Gasteiger partial charge in [-0.15, -0.1) is 11.3 Å². The highest BCUT2D eigenvalue weighted by molar-refractivity contribution is 7.23. The Morgan fingerprint density at radius 2 is 1.76 bits per heavy atom. The van der Waals surface area contributed by atoms with Crippen molar-refractivity contribution in [3.8, 4) is 11.0 Å². The highest BCUT2D eigenvalue weighted by Crippen LogP contribution is 2.19. The van der Waals surface area contributed by atoms with Crippen molar-refractivity contribution < 1.29 is 33.8 Å². The second-order valence-electron chi connectivity index (χ2n) is 4.88. The molecule has 3 aromatic heterocycles. The topological polar surface area (TPSA) is 125 Å². The summed E-state index contributed by atoms with van der Waals surface area (Å²) < 4.78 is 16.0. The van der Waals surface area contributed by atoms with E-state index in [0.29, 0.717) is 15.4 Å². The van der Waals surface area contributed by atoms with Gasteiger partial charge in [0.05, 0.1) is 10.4 Å². The van der Waals surface area contributed by atoms with Crippen molar-refractivity contribution >= 4 is 48.7 Å². The van der Waals surface area contributed by atoms with E-state index in [4.69, 9.17) is 23.8 Å². The summed E-state index contributed by atoms with van der Waals surface area (Å²) in [6, 6.07) is 10.9. The highest BCUT2D eigenvalue weighted by atomic mass is 32.1. The van der Waals surface area contributed by atoms with Gasteiger partial charge in [0.1, 0.15) is 5.66 Å². The van der Waals surface area contributed by atoms with E-state index < -0.39 is 21.4 Å². The van der Waals surface area contributed by atoms with Gasteiger partial charge in [0.2, 0.25) is 0 Å². The summed E-state index contributed by atoms with van der Waals surface area (Å²) in [7, 11) is -4.34. The van der Waals surface area contributed by atoms with E-state index in [-0.39, 0.29) is 11.6 Å². The number of nitrogens with zero attached hydrogens (tertiary/aromatic N) is 1. The van der Waals surface area contributed by atoms with Gasteiger partial charge in [0.15, 0.2) is 5.06 Å². The summed E-state index contributed by atoms with van der Waals surface area (Å²) in [6.07, 6.45) is 1.54. The predicted molar refractivity (Wildman–Crippen MR) is 93.6 cm³/mol. The molecule has 0 unspecified atom stereocenters. The molecular formula is C13H12B3NO7S. The normalized spacial score (nSPS) is 10.4. The number of pyridine rings is 1. The second-order valence-corrected chi connectivity index (χ2v) is 5.96. The van der Waals surface area contributed by atoms with E-state index >= 15 is 0 Å². The number of thiophene rings is 1. The first-order valence-corrected chi connectivity index (χ1v) is 8.00. The van der Waals surface area contributed by atoms with Gasteiger partial charge < -0.3 is 33.8 Å². The van der Waals surface area contributed by atoms with Gasteiger partial charge in [-0.2, -0.15) is 0 Å². The number of rotatable bonds is 7. The Morgan fingerprint density at radius 3 is 2.44 bits per heavy atom. The molecule has 25 heavy (non-hydrogen) atoms. The third-order valence-corrected chi connectivity index (χ3v) is 4.11. The minimum absolute atomic E-state index is 0.0695. The molecule has 4 N–H and O–H groups in total. The average molecular weight is 359 g/mol. The van der Waals surface area contributed by atoms with Crippen LogP contribution in [0.2, 0.25) is 0 Å². The fourth-order valence-electron chi connectivity index (χ4n) is 1.93. The van der Waals surface area contributed by atoms with Crippen LogP contribution in [0.3, 0.4) is 0 Å². The van der Waals surface area contributed by atoms with Gasteiger partial charge in [-0.25, -0.2) is 0 Å². The van der Waals surface area contributed by atoms with Crippen molar-refractivity contribution in [3.63, 3.8) is 0 Å². The Bertz CT molecular complexity index is 813. The van der Waals surface area contributed by atoms with Crippen LogP contribution in [0.4, 0.5) is 0 Å². The lowest BCUT2D eigenvalue weighted by Gasteiger charge is -2.07. The molecule has 3 aromatic rings. The lowest BCUT2D eigenvalue weighted by atomic mass is 9.85. The molecule has 3 rings (SSSR count). The molecular weight excluding hydrogens is 347 g/mol. The summed E-state index contributed by atoms with van der Waals surface area (Å²) >= 11 is 1.07. The van der Waals surface area contributed by atoms with Crippen molar-refractivity contribution in [1.82, 2.24) is 4.98 Å². The number of aromatic nitrogens is 1. The quantitative estimate of drug-likeness (QED) is 0.356. The SMILES string of the molecule is OB(Oc1ccc(B(O)Oc2ccc(B(O)O)o2)s1)c1ccccn1. The summed E-state index contributed by atoms with van der Waals surface area (Å²) in [6.45, 7) is 0. The van der Waals surface area contributed by atoms with Crippen LogP contribution in [0.15, 0.2) is 53.1 Å². The maximum Gasteiger partial charge on any atom is 0.580 e. The fourth-order valence-corrected chi connectivity index (χ4v) is 2.72. The minimum Gasteiger partial charge on any atom is -0.524 e. The summed E-state index contributed by atoms with van der Waals surface area (Å²) in [5.41, 5.74) is 0.260. The molecule has 0 aliphatic carbocycles. The van der Waals surface area contributed by atoms with Crippen molar-refractivity contribution in [2.24, 2.45) is 0 Å². The Labute approximate surface area is 147 Å². The van der Waals surface area contributed by atoms with Crippen molar-refractivity contribution in [2.45, 2.75) is 0 Å². The predicted octanol–water partition coefficient (Wildman–Crippen LogP) is -2.05. The van der Waals surface area contributed by atoms with Crippen LogP contribution in [0, 0.1) is 0 Å². The Hall–Kier alpha value is -2.24. The Morgan fingerprint density at radius 1 is 0.920 bits per heavy atom. The first-order valence-electron chi connectivity index (χ1n) is 7.19. The first kappa shape index (κ1) is 17.6. The summed E-state index contributed by atoms with van der Waals surface area (Å²) in [4.78, 5) is 3.99. The molecule has 0 bridgehead atoms.